The molecule has 1 fully saturated rings. The molecule has 2 aromatic heterocycles. The fourth-order valence-electron chi connectivity index (χ4n) is 3.73. The van der Waals surface area contributed by atoms with Gasteiger partial charge in [0.05, 0.1) is 31.7 Å². The second-order valence-electron chi connectivity index (χ2n) is 7.47. The third kappa shape index (κ3) is 3.92. The lowest BCUT2D eigenvalue weighted by atomic mass is 10.1. The summed E-state index contributed by atoms with van der Waals surface area (Å²) in [5.41, 5.74) is 4.26. The van der Waals surface area contributed by atoms with Crippen LogP contribution in [-0.4, -0.2) is 58.8 Å². The lowest BCUT2D eigenvalue weighted by molar-refractivity contribution is 0.0297. The first-order valence-corrected chi connectivity index (χ1v) is 10.7. The molecule has 4 aromatic rings. The number of fused-ring (bicyclic) bond motifs is 1. The Kier molecular flexibility index (Phi) is 5.51. The maximum atomic E-state index is 13.4. The average Bonchev–Trinajstić information content (AvgIpc) is 3.28. The molecule has 0 atom stereocenters. The molecule has 7 nitrogen and oxygen atoms in total. The number of ether oxygens (including phenoxy) is 2. The zero-order chi connectivity index (χ0) is 22.1. The lowest BCUT2D eigenvalue weighted by Crippen LogP contribution is -2.41. The Hall–Kier alpha value is -3.42. The molecule has 32 heavy (non-hydrogen) atoms. The van der Waals surface area contributed by atoms with Gasteiger partial charge in [-0.3, -0.25) is 4.79 Å². The van der Waals surface area contributed by atoms with Crippen molar-refractivity contribution in [3.05, 3.63) is 71.4 Å². The number of methoxy groups -OCH3 is 1. The van der Waals surface area contributed by atoms with Crippen LogP contribution in [-0.2, 0) is 4.74 Å². The molecule has 0 aliphatic carbocycles. The highest BCUT2D eigenvalue weighted by molar-refractivity contribution is 6.30. The van der Waals surface area contributed by atoms with E-state index in [-0.39, 0.29) is 5.91 Å². The molecule has 1 amide bonds. The molecule has 0 unspecified atom stereocenters. The molecule has 0 saturated carbocycles. The van der Waals surface area contributed by atoms with Crippen LogP contribution in [0.15, 0.2) is 60.7 Å². The number of hydrogen-bond donors (Lipinski definition) is 0. The second-order valence-corrected chi connectivity index (χ2v) is 7.90. The van der Waals surface area contributed by atoms with Gasteiger partial charge in [-0.25, -0.2) is 9.50 Å². The van der Waals surface area contributed by atoms with Crippen LogP contribution < -0.4 is 4.74 Å². The SMILES string of the molecule is COc1ccc(-c2cc(C(=O)N3CCOCC3)n3nc(-c4ccc(Cl)cc4)cc3n2)cc1. The van der Waals surface area contributed by atoms with E-state index < -0.39 is 0 Å². The van der Waals surface area contributed by atoms with Crippen LogP contribution in [0.5, 0.6) is 5.75 Å². The molecule has 1 saturated heterocycles. The van der Waals surface area contributed by atoms with E-state index in [9.17, 15) is 4.79 Å². The van der Waals surface area contributed by atoms with E-state index in [2.05, 4.69) is 0 Å². The van der Waals surface area contributed by atoms with E-state index in [0.29, 0.717) is 48.4 Å². The summed E-state index contributed by atoms with van der Waals surface area (Å²) >= 11 is 6.03. The average molecular weight is 449 g/mol. The predicted octanol–water partition coefficient (Wildman–Crippen LogP) is 4.20. The summed E-state index contributed by atoms with van der Waals surface area (Å²) in [5, 5.41) is 5.36. The number of aromatic nitrogens is 3. The van der Waals surface area contributed by atoms with E-state index in [1.54, 1.807) is 22.6 Å². The van der Waals surface area contributed by atoms with Gasteiger partial charge in [0.1, 0.15) is 11.4 Å². The number of carbonyl (C=O) groups excluding carboxylic acids is 1. The summed E-state index contributed by atoms with van der Waals surface area (Å²) < 4.78 is 12.3. The van der Waals surface area contributed by atoms with Gasteiger partial charge in [0.15, 0.2) is 5.65 Å². The molecule has 5 rings (SSSR count). The number of rotatable bonds is 4. The molecular formula is C24H21ClN4O3. The highest BCUT2D eigenvalue weighted by Crippen LogP contribution is 2.26. The fraction of sp³-hybridized carbons (Fsp3) is 0.208. The number of nitrogens with zero attached hydrogens (tertiary/aromatic N) is 4. The number of benzene rings is 2. The first-order valence-electron chi connectivity index (χ1n) is 10.3. The Bertz CT molecular complexity index is 1260. The smallest absolute Gasteiger partial charge is 0.272 e. The van der Waals surface area contributed by atoms with Crippen molar-refractivity contribution in [3.63, 3.8) is 0 Å². The van der Waals surface area contributed by atoms with E-state index in [4.69, 9.17) is 31.2 Å². The molecule has 2 aromatic carbocycles. The van der Waals surface area contributed by atoms with Crippen LogP contribution >= 0.6 is 11.6 Å². The first-order chi connectivity index (χ1) is 15.6. The van der Waals surface area contributed by atoms with Crippen molar-refractivity contribution in [2.75, 3.05) is 33.4 Å². The van der Waals surface area contributed by atoms with E-state index in [1.165, 1.54) is 0 Å². The van der Waals surface area contributed by atoms with Crippen LogP contribution in [0.1, 0.15) is 10.5 Å². The summed E-state index contributed by atoms with van der Waals surface area (Å²) in [6, 6.07) is 18.7. The summed E-state index contributed by atoms with van der Waals surface area (Å²) in [6.45, 7) is 2.15. The van der Waals surface area contributed by atoms with Crippen LogP contribution in [0, 0.1) is 0 Å². The number of hydrogen-bond acceptors (Lipinski definition) is 5. The molecule has 162 valence electrons. The van der Waals surface area contributed by atoms with E-state index in [0.717, 1.165) is 22.6 Å². The normalized spacial score (nSPS) is 14.0. The largest absolute Gasteiger partial charge is 0.497 e. The summed E-state index contributed by atoms with van der Waals surface area (Å²) in [6.07, 6.45) is 0. The molecule has 3 heterocycles. The van der Waals surface area contributed by atoms with E-state index in [1.807, 2.05) is 54.6 Å². The van der Waals surface area contributed by atoms with Crippen molar-refractivity contribution in [1.82, 2.24) is 19.5 Å². The van der Waals surface area contributed by atoms with Gasteiger partial charge < -0.3 is 14.4 Å². The van der Waals surface area contributed by atoms with Crippen molar-refractivity contribution in [3.8, 4) is 28.3 Å². The molecule has 0 N–H and O–H groups in total. The Morgan fingerprint density at radius 1 is 0.969 bits per heavy atom. The number of amides is 1. The number of halogens is 1. The van der Waals surface area contributed by atoms with Crippen molar-refractivity contribution < 1.29 is 14.3 Å². The summed E-state index contributed by atoms with van der Waals surface area (Å²) in [5.74, 6) is 0.662. The maximum absolute atomic E-state index is 13.4. The van der Waals surface area contributed by atoms with Gasteiger partial charge in [0, 0.05) is 35.3 Å². The van der Waals surface area contributed by atoms with Crippen molar-refractivity contribution >= 4 is 23.2 Å². The van der Waals surface area contributed by atoms with Gasteiger partial charge in [-0.05, 0) is 42.5 Å². The predicted molar refractivity (Wildman–Crippen MR) is 122 cm³/mol. The van der Waals surface area contributed by atoms with Crippen LogP contribution in [0.2, 0.25) is 5.02 Å². The van der Waals surface area contributed by atoms with Gasteiger partial charge in [-0.1, -0.05) is 23.7 Å². The Morgan fingerprint density at radius 2 is 1.62 bits per heavy atom. The van der Waals surface area contributed by atoms with Crippen molar-refractivity contribution in [1.29, 1.82) is 0 Å². The lowest BCUT2D eigenvalue weighted by Gasteiger charge is -2.27. The third-order valence-corrected chi connectivity index (χ3v) is 5.72. The Morgan fingerprint density at radius 3 is 2.31 bits per heavy atom. The quantitative estimate of drug-likeness (QED) is 0.468. The third-order valence-electron chi connectivity index (χ3n) is 5.47. The molecular weight excluding hydrogens is 428 g/mol. The maximum Gasteiger partial charge on any atom is 0.272 e. The van der Waals surface area contributed by atoms with Gasteiger partial charge in [0.25, 0.3) is 5.91 Å². The molecule has 1 aliphatic heterocycles. The minimum absolute atomic E-state index is 0.0961. The van der Waals surface area contributed by atoms with Gasteiger partial charge in [-0.2, -0.15) is 5.10 Å². The highest BCUT2D eigenvalue weighted by atomic mass is 35.5. The van der Waals surface area contributed by atoms with Gasteiger partial charge in [0.2, 0.25) is 0 Å². The van der Waals surface area contributed by atoms with Crippen molar-refractivity contribution in [2.45, 2.75) is 0 Å². The summed E-state index contributed by atoms with van der Waals surface area (Å²) in [4.78, 5) is 20.0. The van der Waals surface area contributed by atoms with Crippen LogP contribution in [0.4, 0.5) is 0 Å². The van der Waals surface area contributed by atoms with E-state index >= 15 is 0 Å². The zero-order valence-corrected chi connectivity index (χ0v) is 18.2. The van der Waals surface area contributed by atoms with Gasteiger partial charge >= 0.3 is 0 Å². The van der Waals surface area contributed by atoms with Crippen LogP contribution in [0.3, 0.4) is 0 Å². The molecule has 1 aliphatic rings. The van der Waals surface area contributed by atoms with Crippen molar-refractivity contribution in [2.24, 2.45) is 0 Å². The number of morpholine rings is 1. The Labute approximate surface area is 190 Å². The minimum atomic E-state index is -0.0961. The standard InChI is InChI=1S/C24H21ClN4O3/c1-31-19-8-4-16(5-9-19)20-14-22(24(30)28-10-12-32-13-11-28)29-23(26-20)15-21(27-29)17-2-6-18(25)7-3-17/h2-9,14-15H,10-13H2,1H3. The molecule has 0 radical (unpaired) electrons. The van der Waals surface area contributed by atoms with Gasteiger partial charge in [-0.15, -0.1) is 0 Å². The first kappa shape index (κ1) is 20.5. The summed E-state index contributed by atoms with van der Waals surface area (Å²) in [7, 11) is 1.63. The molecule has 0 spiro atoms. The monoisotopic (exact) mass is 448 g/mol. The fourth-order valence-corrected chi connectivity index (χ4v) is 3.85. The van der Waals surface area contributed by atoms with Crippen LogP contribution in [0.25, 0.3) is 28.2 Å². The zero-order valence-electron chi connectivity index (χ0n) is 17.5. The number of carbonyl (C=O) groups is 1. The molecule has 8 heteroatoms. The Balaban J connectivity index is 1.64. The highest BCUT2D eigenvalue weighted by Gasteiger charge is 2.23. The minimum Gasteiger partial charge on any atom is -0.497 e. The second kappa shape index (κ2) is 8.61. The topological polar surface area (TPSA) is 69.0 Å². The molecule has 0 bridgehead atoms.